The lowest BCUT2D eigenvalue weighted by Gasteiger charge is -2.30. The quantitative estimate of drug-likeness (QED) is 0.805. The average molecular weight is 267 g/mol. The third-order valence-corrected chi connectivity index (χ3v) is 4.33. The number of amides is 2. The largest absolute Gasteiger partial charge is 0.347 e. The Labute approximate surface area is 115 Å². The molecule has 2 fully saturated rings. The van der Waals surface area contributed by atoms with Gasteiger partial charge in [0.1, 0.15) is 0 Å². The third kappa shape index (κ3) is 3.69. The summed E-state index contributed by atoms with van der Waals surface area (Å²) in [6.45, 7) is 0.184. The van der Waals surface area contributed by atoms with E-state index in [2.05, 4.69) is 5.32 Å². The van der Waals surface area contributed by atoms with Crippen LogP contribution in [0.4, 0.5) is 0 Å². The van der Waals surface area contributed by atoms with Gasteiger partial charge in [-0.05, 0) is 31.6 Å². The van der Waals surface area contributed by atoms with Crippen molar-refractivity contribution in [1.82, 2.24) is 15.1 Å². The van der Waals surface area contributed by atoms with Gasteiger partial charge in [-0.1, -0.05) is 0 Å². The molecular formula is C14H25N3O2. The highest BCUT2D eigenvalue weighted by Crippen LogP contribution is 2.32. The molecule has 19 heavy (non-hydrogen) atoms. The number of hydrogen-bond donors (Lipinski definition) is 1. The molecule has 0 radical (unpaired) electrons. The molecule has 2 heterocycles. The van der Waals surface area contributed by atoms with Gasteiger partial charge in [0.2, 0.25) is 11.8 Å². The number of likely N-dealkylation sites (N-methyl/N-ethyl adjacent to an activating group) is 2. The van der Waals surface area contributed by atoms with Crippen molar-refractivity contribution in [3.05, 3.63) is 0 Å². The van der Waals surface area contributed by atoms with Gasteiger partial charge < -0.3 is 15.1 Å². The van der Waals surface area contributed by atoms with Crippen molar-refractivity contribution in [2.75, 3.05) is 27.7 Å². The molecule has 0 aromatic heterocycles. The lowest BCUT2D eigenvalue weighted by molar-refractivity contribution is -0.138. The summed E-state index contributed by atoms with van der Waals surface area (Å²) in [5.41, 5.74) is 0. The Morgan fingerprint density at radius 3 is 2.16 bits per heavy atom. The highest BCUT2D eigenvalue weighted by molar-refractivity contribution is 5.84. The summed E-state index contributed by atoms with van der Waals surface area (Å²) < 4.78 is 0. The molecule has 0 saturated carbocycles. The minimum atomic E-state index is -0.0266. The Bertz CT molecular complexity index is 345. The molecule has 2 unspecified atom stereocenters. The van der Waals surface area contributed by atoms with Crippen LogP contribution in [0.15, 0.2) is 0 Å². The maximum atomic E-state index is 12.1. The Balaban J connectivity index is 1.79. The second-order valence-corrected chi connectivity index (χ2v) is 6.22. The van der Waals surface area contributed by atoms with Crippen LogP contribution in [0.3, 0.4) is 0 Å². The summed E-state index contributed by atoms with van der Waals surface area (Å²) in [6, 6.07) is 1.23. The molecule has 2 saturated heterocycles. The van der Waals surface area contributed by atoms with E-state index in [0.717, 1.165) is 12.8 Å². The van der Waals surface area contributed by atoms with Crippen molar-refractivity contribution in [2.24, 2.45) is 5.92 Å². The normalized spacial score (nSPS) is 29.1. The number of nitrogens with one attached hydrogen (secondary N) is 1. The monoisotopic (exact) mass is 267 g/mol. The lowest BCUT2D eigenvalue weighted by Crippen LogP contribution is -2.41. The minimum absolute atomic E-state index is 0.0266. The number of rotatable bonds is 4. The van der Waals surface area contributed by atoms with Gasteiger partial charge in [0, 0.05) is 39.6 Å². The molecule has 2 atom stereocenters. The highest BCUT2D eigenvalue weighted by Gasteiger charge is 2.34. The fraction of sp³-hybridized carbons (Fsp3) is 0.857. The molecule has 0 aromatic carbocycles. The topological polar surface area (TPSA) is 52.7 Å². The summed E-state index contributed by atoms with van der Waals surface area (Å²) in [7, 11) is 5.15. The van der Waals surface area contributed by atoms with E-state index in [4.69, 9.17) is 0 Å². The fourth-order valence-corrected chi connectivity index (χ4v) is 3.18. The summed E-state index contributed by atoms with van der Waals surface area (Å²) in [4.78, 5) is 26.8. The molecule has 0 aliphatic carbocycles. The second kappa shape index (κ2) is 5.90. The zero-order chi connectivity index (χ0) is 14.0. The van der Waals surface area contributed by atoms with Crippen LogP contribution in [0.25, 0.3) is 0 Å². The van der Waals surface area contributed by atoms with E-state index >= 15 is 0 Å². The van der Waals surface area contributed by atoms with E-state index in [1.54, 1.807) is 26.0 Å². The summed E-state index contributed by atoms with van der Waals surface area (Å²) >= 11 is 0. The van der Waals surface area contributed by atoms with Gasteiger partial charge in [0.05, 0.1) is 6.54 Å². The summed E-state index contributed by atoms with van der Waals surface area (Å²) in [5.74, 6) is 0.561. The van der Waals surface area contributed by atoms with Gasteiger partial charge in [-0.25, -0.2) is 0 Å². The van der Waals surface area contributed by atoms with Gasteiger partial charge in [-0.15, -0.1) is 0 Å². The smallest absolute Gasteiger partial charge is 0.241 e. The Morgan fingerprint density at radius 2 is 1.63 bits per heavy atom. The zero-order valence-corrected chi connectivity index (χ0v) is 12.2. The van der Waals surface area contributed by atoms with Crippen molar-refractivity contribution in [2.45, 2.75) is 44.2 Å². The highest BCUT2D eigenvalue weighted by atomic mass is 16.2. The molecule has 2 rings (SSSR count). The molecule has 108 valence electrons. The number of fused-ring (bicyclic) bond motifs is 2. The van der Waals surface area contributed by atoms with Crippen LogP contribution in [0, 0.1) is 5.92 Å². The molecule has 5 heteroatoms. The van der Waals surface area contributed by atoms with Crippen LogP contribution in [-0.2, 0) is 9.59 Å². The molecule has 0 aromatic rings. The van der Waals surface area contributed by atoms with Crippen LogP contribution in [-0.4, -0.2) is 61.4 Å². The average Bonchev–Trinajstić information content (AvgIpc) is 2.68. The van der Waals surface area contributed by atoms with E-state index < -0.39 is 0 Å². The second-order valence-electron chi connectivity index (χ2n) is 6.22. The lowest BCUT2D eigenvalue weighted by atomic mass is 9.89. The van der Waals surface area contributed by atoms with Crippen molar-refractivity contribution >= 4 is 11.8 Å². The SMILES string of the molecule is CN(C)C(=O)CN(C)C(=O)CC1CC2CCC(C1)N2. The zero-order valence-electron chi connectivity index (χ0n) is 12.2. The first-order valence-corrected chi connectivity index (χ1v) is 7.16. The number of piperidine rings is 1. The van der Waals surface area contributed by atoms with E-state index in [9.17, 15) is 9.59 Å². The molecule has 2 aliphatic rings. The Hall–Kier alpha value is -1.10. The van der Waals surface area contributed by atoms with E-state index in [1.807, 2.05) is 0 Å². The number of carbonyl (C=O) groups is 2. The minimum Gasteiger partial charge on any atom is -0.347 e. The predicted molar refractivity (Wildman–Crippen MR) is 73.6 cm³/mol. The maximum absolute atomic E-state index is 12.1. The van der Waals surface area contributed by atoms with Crippen LogP contribution in [0.1, 0.15) is 32.1 Å². The molecular weight excluding hydrogens is 242 g/mol. The molecule has 5 nitrogen and oxygen atoms in total. The number of hydrogen-bond acceptors (Lipinski definition) is 3. The van der Waals surface area contributed by atoms with E-state index in [1.165, 1.54) is 17.7 Å². The van der Waals surface area contributed by atoms with Crippen molar-refractivity contribution in [3.63, 3.8) is 0 Å². The first-order chi connectivity index (χ1) is 8.95. The van der Waals surface area contributed by atoms with Crippen LogP contribution in [0.2, 0.25) is 0 Å². The molecule has 2 amide bonds. The molecule has 2 bridgehead atoms. The first kappa shape index (κ1) is 14.3. The van der Waals surface area contributed by atoms with Crippen molar-refractivity contribution < 1.29 is 9.59 Å². The predicted octanol–water partition coefficient (Wildman–Crippen LogP) is 0.454. The van der Waals surface area contributed by atoms with Gasteiger partial charge in [-0.3, -0.25) is 9.59 Å². The molecule has 2 aliphatic heterocycles. The summed E-state index contributed by atoms with van der Waals surface area (Å²) in [6.07, 6.45) is 5.32. The van der Waals surface area contributed by atoms with Crippen LogP contribution < -0.4 is 5.32 Å². The number of carbonyl (C=O) groups excluding carboxylic acids is 2. The Morgan fingerprint density at radius 1 is 1.05 bits per heavy atom. The molecule has 1 N–H and O–H groups in total. The standard InChI is InChI=1S/C14H25N3O2/c1-16(2)14(19)9-17(3)13(18)8-10-6-11-4-5-12(7-10)15-11/h10-12,15H,4-9H2,1-3H3. The third-order valence-electron chi connectivity index (χ3n) is 4.33. The van der Waals surface area contributed by atoms with Gasteiger partial charge in [0.15, 0.2) is 0 Å². The van der Waals surface area contributed by atoms with Gasteiger partial charge >= 0.3 is 0 Å². The summed E-state index contributed by atoms with van der Waals surface area (Å²) in [5, 5.41) is 3.58. The van der Waals surface area contributed by atoms with E-state index in [0.29, 0.717) is 24.4 Å². The van der Waals surface area contributed by atoms with Gasteiger partial charge in [0.25, 0.3) is 0 Å². The van der Waals surface area contributed by atoms with Crippen LogP contribution >= 0.6 is 0 Å². The maximum Gasteiger partial charge on any atom is 0.241 e. The van der Waals surface area contributed by atoms with Crippen molar-refractivity contribution in [1.29, 1.82) is 0 Å². The first-order valence-electron chi connectivity index (χ1n) is 7.16. The Kier molecular flexibility index (Phi) is 4.45. The number of nitrogens with zero attached hydrogens (tertiary/aromatic N) is 2. The van der Waals surface area contributed by atoms with Gasteiger partial charge in [-0.2, -0.15) is 0 Å². The fourth-order valence-electron chi connectivity index (χ4n) is 3.18. The van der Waals surface area contributed by atoms with E-state index in [-0.39, 0.29) is 18.4 Å². The molecule has 0 spiro atoms. The van der Waals surface area contributed by atoms with Crippen LogP contribution in [0.5, 0.6) is 0 Å². The van der Waals surface area contributed by atoms with Crippen molar-refractivity contribution in [3.8, 4) is 0 Å².